The van der Waals surface area contributed by atoms with Gasteiger partial charge in [-0.1, -0.05) is 12.1 Å². The molecule has 0 aliphatic carbocycles. The van der Waals surface area contributed by atoms with Crippen LogP contribution in [-0.4, -0.2) is 12.1 Å². The number of anilines is 1. The van der Waals surface area contributed by atoms with E-state index in [1.54, 1.807) is 19.2 Å². The number of pyridine rings is 1. The molecule has 4 heteroatoms. The number of nitrogens with two attached hydrogens (primary N) is 1. The lowest BCUT2D eigenvalue weighted by Crippen LogP contribution is -1.95. The molecular weight excluding hydrogens is 216 g/mol. The van der Waals surface area contributed by atoms with Gasteiger partial charge in [-0.2, -0.15) is 4.98 Å². The van der Waals surface area contributed by atoms with Crippen molar-refractivity contribution in [2.24, 2.45) is 0 Å². The van der Waals surface area contributed by atoms with Gasteiger partial charge in [0.2, 0.25) is 11.8 Å². The molecule has 2 rings (SSSR count). The third-order valence-electron chi connectivity index (χ3n) is 2.29. The first-order valence-electron chi connectivity index (χ1n) is 5.24. The average molecular weight is 230 g/mol. The van der Waals surface area contributed by atoms with Crippen LogP contribution in [0.1, 0.15) is 5.56 Å². The van der Waals surface area contributed by atoms with E-state index in [0.717, 1.165) is 5.56 Å². The second-order valence-electron chi connectivity index (χ2n) is 3.66. The third-order valence-corrected chi connectivity index (χ3v) is 2.29. The Kier molecular flexibility index (Phi) is 3.14. The number of nitrogens with zero attached hydrogens (tertiary/aromatic N) is 1. The molecule has 0 spiro atoms. The van der Waals surface area contributed by atoms with E-state index >= 15 is 0 Å². The predicted molar refractivity (Wildman–Crippen MR) is 66.5 cm³/mol. The second-order valence-corrected chi connectivity index (χ2v) is 3.66. The third kappa shape index (κ3) is 2.66. The number of rotatable bonds is 3. The summed E-state index contributed by atoms with van der Waals surface area (Å²) in [6.07, 6.45) is 0. The van der Waals surface area contributed by atoms with E-state index in [9.17, 15) is 0 Å². The van der Waals surface area contributed by atoms with Crippen LogP contribution in [0.4, 0.5) is 5.69 Å². The topological polar surface area (TPSA) is 57.4 Å². The molecule has 88 valence electrons. The SMILES string of the molecule is COc1cccc(Oc2ccc(C)cc2N)n1. The monoisotopic (exact) mass is 230 g/mol. The zero-order valence-electron chi connectivity index (χ0n) is 9.81. The van der Waals surface area contributed by atoms with E-state index in [4.69, 9.17) is 15.2 Å². The van der Waals surface area contributed by atoms with Gasteiger partial charge in [0.05, 0.1) is 12.8 Å². The van der Waals surface area contributed by atoms with Crippen molar-refractivity contribution in [1.29, 1.82) is 0 Å². The second kappa shape index (κ2) is 4.74. The minimum Gasteiger partial charge on any atom is -0.481 e. The zero-order chi connectivity index (χ0) is 12.3. The van der Waals surface area contributed by atoms with Crippen molar-refractivity contribution in [1.82, 2.24) is 4.98 Å². The average Bonchev–Trinajstić information content (AvgIpc) is 2.33. The van der Waals surface area contributed by atoms with Crippen molar-refractivity contribution in [2.45, 2.75) is 6.92 Å². The van der Waals surface area contributed by atoms with E-state index in [1.807, 2.05) is 31.2 Å². The summed E-state index contributed by atoms with van der Waals surface area (Å²) in [5.74, 6) is 1.56. The lowest BCUT2D eigenvalue weighted by atomic mass is 10.2. The number of hydrogen-bond donors (Lipinski definition) is 1. The van der Waals surface area contributed by atoms with Crippen LogP contribution in [0.5, 0.6) is 17.5 Å². The summed E-state index contributed by atoms with van der Waals surface area (Å²) in [5, 5.41) is 0. The Morgan fingerprint density at radius 2 is 1.88 bits per heavy atom. The Balaban J connectivity index is 2.25. The fourth-order valence-electron chi connectivity index (χ4n) is 1.44. The Labute approximate surface area is 100 Å². The molecule has 0 saturated carbocycles. The molecule has 0 atom stereocenters. The molecule has 2 aromatic rings. The van der Waals surface area contributed by atoms with Gasteiger partial charge in [-0.3, -0.25) is 0 Å². The Morgan fingerprint density at radius 3 is 2.59 bits per heavy atom. The van der Waals surface area contributed by atoms with Crippen molar-refractivity contribution < 1.29 is 9.47 Å². The van der Waals surface area contributed by atoms with Gasteiger partial charge in [0.15, 0.2) is 5.75 Å². The Bertz CT molecular complexity index is 527. The normalized spacial score (nSPS) is 10.0. The minimum absolute atomic E-state index is 0.458. The molecule has 0 fully saturated rings. The maximum Gasteiger partial charge on any atom is 0.222 e. The van der Waals surface area contributed by atoms with E-state index in [0.29, 0.717) is 23.2 Å². The lowest BCUT2D eigenvalue weighted by molar-refractivity contribution is 0.383. The summed E-state index contributed by atoms with van der Waals surface area (Å²) in [4.78, 5) is 4.15. The van der Waals surface area contributed by atoms with Crippen molar-refractivity contribution in [3.05, 3.63) is 42.0 Å². The predicted octanol–water partition coefficient (Wildman–Crippen LogP) is 2.77. The van der Waals surface area contributed by atoms with Crippen molar-refractivity contribution >= 4 is 5.69 Å². The summed E-state index contributed by atoms with van der Waals surface area (Å²) in [5.41, 5.74) is 7.54. The molecule has 1 aromatic carbocycles. The van der Waals surface area contributed by atoms with Gasteiger partial charge >= 0.3 is 0 Å². The van der Waals surface area contributed by atoms with E-state index in [-0.39, 0.29) is 0 Å². The van der Waals surface area contributed by atoms with Crippen molar-refractivity contribution in [2.75, 3.05) is 12.8 Å². The highest BCUT2D eigenvalue weighted by Crippen LogP contribution is 2.27. The summed E-state index contributed by atoms with van der Waals surface area (Å²) in [7, 11) is 1.56. The highest BCUT2D eigenvalue weighted by atomic mass is 16.5. The number of methoxy groups -OCH3 is 1. The van der Waals surface area contributed by atoms with Crippen molar-refractivity contribution in [3.63, 3.8) is 0 Å². The van der Waals surface area contributed by atoms with Gasteiger partial charge in [-0.15, -0.1) is 0 Å². The molecule has 0 amide bonds. The van der Waals surface area contributed by atoms with E-state index < -0.39 is 0 Å². The standard InChI is InChI=1S/C13H14N2O2/c1-9-6-7-11(10(14)8-9)17-13-5-3-4-12(15-13)16-2/h3-8H,14H2,1-2H3. The number of benzene rings is 1. The fourth-order valence-corrected chi connectivity index (χ4v) is 1.44. The lowest BCUT2D eigenvalue weighted by Gasteiger charge is -2.08. The molecule has 1 aromatic heterocycles. The first-order chi connectivity index (χ1) is 8.19. The maximum absolute atomic E-state index is 5.86. The first-order valence-corrected chi connectivity index (χ1v) is 5.24. The summed E-state index contributed by atoms with van der Waals surface area (Å²) >= 11 is 0. The Morgan fingerprint density at radius 1 is 1.12 bits per heavy atom. The summed E-state index contributed by atoms with van der Waals surface area (Å²) < 4.78 is 10.6. The summed E-state index contributed by atoms with van der Waals surface area (Å²) in [6.45, 7) is 1.98. The van der Waals surface area contributed by atoms with Gasteiger partial charge in [-0.25, -0.2) is 0 Å². The molecular formula is C13H14N2O2. The van der Waals surface area contributed by atoms with Crippen LogP contribution in [0.3, 0.4) is 0 Å². The molecule has 0 unspecified atom stereocenters. The molecule has 17 heavy (non-hydrogen) atoms. The number of aromatic nitrogens is 1. The van der Waals surface area contributed by atoms with Gasteiger partial charge in [0.1, 0.15) is 0 Å². The molecule has 1 heterocycles. The van der Waals surface area contributed by atoms with E-state index in [2.05, 4.69) is 4.98 Å². The van der Waals surface area contributed by atoms with Gasteiger partial charge < -0.3 is 15.2 Å². The smallest absolute Gasteiger partial charge is 0.222 e. The summed E-state index contributed by atoms with van der Waals surface area (Å²) in [6, 6.07) is 10.9. The van der Waals surface area contributed by atoms with Gasteiger partial charge in [0.25, 0.3) is 0 Å². The molecule has 4 nitrogen and oxygen atoms in total. The maximum atomic E-state index is 5.86. The molecule has 0 aliphatic heterocycles. The highest BCUT2D eigenvalue weighted by molar-refractivity contribution is 5.55. The first kappa shape index (κ1) is 11.3. The van der Waals surface area contributed by atoms with Crippen LogP contribution in [-0.2, 0) is 0 Å². The fraction of sp³-hybridized carbons (Fsp3) is 0.154. The number of ether oxygens (including phenoxy) is 2. The quantitative estimate of drug-likeness (QED) is 0.824. The zero-order valence-corrected chi connectivity index (χ0v) is 9.81. The number of hydrogen-bond acceptors (Lipinski definition) is 4. The molecule has 2 N–H and O–H groups in total. The molecule has 0 aliphatic rings. The molecule has 0 saturated heterocycles. The van der Waals surface area contributed by atoms with Crippen LogP contribution >= 0.6 is 0 Å². The van der Waals surface area contributed by atoms with Gasteiger partial charge in [0, 0.05) is 12.1 Å². The Hall–Kier alpha value is -2.23. The minimum atomic E-state index is 0.458. The largest absolute Gasteiger partial charge is 0.481 e. The van der Waals surface area contributed by atoms with Crippen LogP contribution in [0, 0.1) is 6.92 Å². The van der Waals surface area contributed by atoms with Crippen LogP contribution < -0.4 is 15.2 Å². The molecule has 0 radical (unpaired) electrons. The number of nitrogen functional groups attached to an aromatic ring is 1. The van der Waals surface area contributed by atoms with Crippen LogP contribution in [0.2, 0.25) is 0 Å². The van der Waals surface area contributed by atoms with Crippen LogP contribution in [0.25, 0.3) is 0 Å². The van der Waals surface area contributed by atoms with Crippen molar-refractivity contribution in [3.8, 4) is 17.5 Å². The number of aryl methyl sites for hydroxylation is 1. The van der Waals surface area contributed by atoms with E-state index in [1.165, 1.54) is 0 Å². The molecule has 0 bridgehead atoms. The highest BCUT2D eigenvalue weighted by Gasteiger charge is 2.04. The van der Waals surface area contributed by atoms with Crippen LogP contribution in [0.15, 0.2) is 36.4 Å². The van der Waals surface area contributed by atoms with Gasteiger partial charge in [-0.05, 0) is 24.6 Å².